The highest BCUT2D eigenvalue weighted by molar-refractivity contribution is 7.17. The molecular weight excluding hydrogens is 287 g/mol. The lowest BCUT2D eigenvalue weighted by Gasteiger charge is -2.01. The standard InChI is InChI=1S/C13H8ClFN2OS/c14-5-10-16-12(18)11-8(6-19-13(11)17-10)7-3-1-2-4-9(7)15/h1-4,6H,5H2,(H,16,17,18). The van der Waals surface area contributed by atoms with Crippen molar-refractivity contribution in [1.29, 1.82) is 0 Å². The van der Waals surface area contributed by atoms with Gasteiger partial charge in [0.25, 0.3) is 5.56 Å². The lowest BCUT2D eigenvalue weighted by molar-refractivity contribution is 0.631. The van der Waals surface area contributed by atoms with Gasteiger partial charge in [-0.1, -0.05) is 18.2 Å². The Labute approximate surface area is 116 Å². The summed E-state index contributed by atoms with van der Waals surface area (Å²) in [7, 11) is 0. The number of alkyl halides is 1. The number of fused-ring (bicyclic) bond motifs is 1. The quantitative estimate of drug-likeness (QED) is 0.735. The molecule has 0 aliphatic carbocycles. The van der Waals surface area contributed by atoms with Crippen molar-refractivity contribution in [2.24, 2.45) is 0 Å². The van der Waals surface area contributed by atoms with Gasteiger partial charge in [-0.05, 0) is 6.07 Å². The lowest BCUT2D eigenvalue weighted by Crippen LogP contribution is -2.10. The molecule has 0 unspecified atom stereocenters. The van der Waals surface area contributed by atoms with Gasteiger partial charge in [0, 0.05) is 16.5 Å². The van der Waals surface area contributed by atoms with Crippen LogP contribution < -0.4 is 5.56 Å². The molecule has 0 aliphatic heterocycles. The molecule has 0 saturated heterocycles. The maximum absolute atomic E-state index is 13.8. The highest BCUT2D eigenvalue weighted by Crippen LogP contribution is 2.32. The van der Waals surface area contributed by atoms with E-state index in [2.05, 4.69) is 9.97 Å². The molecule has 96 valence electrons. The number of rotatable bonds is 2. The summed E-state index contributed by atoms with van der Waals surface area (Å²) in [5, 5.41) is 2.15. The zero-order valence-electron chi connectivity index (χ0n) is 9.61. The van der Waals surface area contributed by atoms with Crippen molar-refractivity contribution in [3.63, 3.8) is 0 Å². The topological polar surface area (TPSA) is 45.8 Å². The van der Waals surface area contributed by atoms with E-state index in [0.717, 1.165) is 0 Å². The first-order valence-electron chi connectivity index (χ1n) is 5.52. The lowest BCUT2D eigenvalue weighted by atomic mass is 10.1. The van der Waals surface area contributed by atoms with Crippen LogP contribution >= 0.6 is 22.9 Å². The van der Waals surface area contributed by atoms with Crippen molar-refractivity contribution in [2.75, 3.05) is 0 Å². The van der Waals surface area contributed by atoms with E-state index in [9.17, 15) is 9.18 Å². The minimum atomic E-state index is -0.358. The fourth-order valence-corrected chi connectivity index (χ4v) is 3.02. The van der Waals surface area contributed by atoms with Crippen molar-refractivity contribution in [1.82, 2.24) is 9.97 Å². The van der Waals surface area contributed by atoms with Gasteiger partial charge in [0.2, 0.25) is 0 Å². The zero-order chi connectivity index (χ0) is 13.4. The number of hydrogen-bond acceptors (Lipinski definition) is 3. The van der Waals surface area contributed by atoms with Gasteiger partial charge in [-0.2, -0.15) is 0 Å². The summed E-state index contributed by atoms with van der Waals surface area (Å²) in [5.41, 5.74) is 0.674. The van der Waals surface area contributed by atoms with E-state index in [0.29, 0.717) is 27.2 Å². The van der Waals surface area contributed by atoms with Crippen molar-refractivity contribution < 1.29 is 4.39 Å². The summed E-state index contributed by atoms with van der Waals surface area (Å²) in [6, 6.07) is 6.36. The Morgan fingerprint density at radius 1 is 1.32 bits per heavy atom. The number of nitrogens with zero attached hydrogens (tertiary/aromatic N) is 1. The average Bonchev–Trinajstić information content (AvgIpc) is 2.83. The predicted molar refractivity (Wildman–Crippen MR) is 75.2 cm³/mol. The molecule has 19 heavy (non-hydrogen) atoms. The third kappa shape index (κ3) is 2.05. The third-order valence-corrected chi connectivity index (χ3v) is 3.91. The molecule has 0 atom stereocenters. The van der Waals surface area contributed by atoms with Crippen LogP contribution in [-0.4, -0.2) is 9.97 Å². The smallest absolute Gasteiger partial charge is 0.260 e. The summed E-state index contributed by atoms with van der Waals surface area (Å²) in [5.74, 6) is 0.196. The first-order chi connectivity index (χ1) is 9.20. The van der Waals surface area contributed by atoms with E-state index in [4.69, 9.17) is 11.6 Å². The van der Waals surface area contributed by atoms with Gasteiger partial charge in [-0.25, -0.2) is 9.37 Å². The zero-order valence-corrected chi connectivity index (χ0v) is 11.2. The molecule has 1 aromatic carbocycles. The maximum atomic E-state index is 13.8. The molecule has 3 rings (SSSR count). The van der Waals surface area contributed by atoms with Gasteiger partial charge in [0.15, 0.2) is 0 Å². The summed E-state index contributed by atoms with van der Waals surface area (Å²) < 4.78 is 13.8. The fourth-order valence-electron chi connectivity index (χ4n) is 1.93. The number of H-pyrrole nitrogens is 1. The number of nitrogens with one attached hydrogen (secondary N) is 1. The van der Waals surface area contributed by atoms with E-state index in [1.165, 1.54) is 17.4 Å². The molecular formula is C13H8ClFN2OS. The van der Waals surface area contributed by atoms with Crippen LogP contribution in [0.1, 0.15) is 5.82 Å². The van der Waals surface area contributed by atoms with Crippen molar-refractivity contribution >= 4 is 33.2 Å². The second-order valence-electron chi connectivity index (χ2n) is 3.96. The van der Waals surface area contributed by atoms with E-state index in [1.54, 1.807) is 23.6 Å². The van der Waals surface area contributed by atoms with Crippen molar-refractivity contribution in [3.05, 3.63) is 51.6 Å². The van der Waals surface area contributed by atoms with E-state index in [1.807, 2.05) is 0 Å². The van der Waals surface area contributed by atoms with Crippen LogP contribution in [0.4, 0.5) is 4.39 Å². The largest absolute Gasteiger partial charge is 0.309 e. The monoisotopic (exact) mass is 294 g/mol. The fraction of sp³-hybridized carbons (Fsp3) is 0.0769. The molecule has 0 amide bonds. The SMILES string of the molecule is O=c1[nH]c(CCl)nc2scc(-c3ccccc3F)c12. The van der Waals surface area contributed by atoms with Crippen LogP contribution in [0.2, 0.25) is 0 Å². The number of aromatic nitrogens is 2. The Kier molecular flexibility index (Phi) is 3.08. The molecule has 0 radical (unpaired) electrons. The second kappa shape index (κ2) is 4.75. The molecule has 6 heteroatoms. The minimum absolute atomic E-state index is 0.137. The normalized spacial score (nSPS) is 11.1. The van der Waals surface area contributed by atoms with Crippen LogP contribution in [0.3, 0.4) is 0 Å². The molecule has 0 bridgehead atoms. The molecule has 0 spiro atoms. The Morgan fingerprint density at radius 2 is 2.11 bits per heavy atom. The highest BCUT2D eigenvalue weighted by atomic mass is 35.5. The van der Waals surface area contributed by atoms with E-state index in [-0.39, 0.29) is 17.3 Å². The summed E-state index contributed by atoms with van der Waals surface area (Å²) in [6.45, 7) is 0. The Morgan fingerprint density at radius 3 is 2.84 bits per heavy atom. The van der Waals surface area contributed by atoms with Gasteiger partial charge in [-0.15, -0.1) is 22.9 Å². The Bertz CT molecular complexity index is 812. The first kappa shape index (κ1) is 12.3. The van der Waals surface area contributed by atoms with Crippen LogP contribution in [0, 0.1) is 5.82 Å². The highest BCUT2D eigenvalue weighted by Gasteiger charge is 2.14. The van der Waals surface area contributed by atoms with Crippen LogP contribution in [0.5, 0.6) is 0 Å². The number of aromatic amines is 1. The molecule has 2 heterocycles. The van der Waals surface area contributed by atoms with Crippen LogP contribution in [0.25, 0.3) is 21.3 Å². The molecule has 2 aromatic heterocycles. The molecule has 1 N–H and O–H groups in total. The molecule has 0 aliphatic rings. The Balaban J connectivity index is 2.33. The van der Waals surface area contributed by atoms with Crippen molar-refractivity contribution in [3.8, 4) is 11.1 Å². The second-order valence-corrected chi connectivity index (χ2v) is 5.08. The minimum Gasteiger partial charge on any atom is -0.309 e. The van der Waals surface area contributed by atoms with Gasteiger partial charge in [0.1, 0.15) is 16.5 Å². The molecule has 3 nitrogen and oxygen atoms in total. The first-order valence-corrected chi connectivity index (χ1v) is 6.93. The summed E-state index contributed by atoms with van der Waals surface area (Å²) in [4.78, 5) is 19.5. The van der Waals surface area contributed by atoms with Gasteiger partial charge < -0.3 is 4.98 Å². The number of hydrogen-bond donors (Lipinski definition) is 1. The van der Waals surface area contributed by atoms with E-state index < -0.39 is 0 Å². The molecule has 0 fully saturated rings. The molecule has 0 saturated carbocycles. The Hall–Kier alpha value is -1.72. The van der Waals surface area contributed by atoms with Crippen molar-refractivity contribution in [2.45, 2.75) is 5.88 Å². The third-order valence-electron chi connectivity index (χ3n) is 2.78. The van der Waals surface area contributed by atoms with Gasteiger partial charge in [0.05, 0.1) is 11.3 Å². The van der Waals surface area contributed by atoms with Crippen LogP contribution in [0.15, 0.2) is 34.4 Å². The molecule has 3 aromatic rings. The van der Waals surface area contributed by atoms with E-state index >= 15 is 0 Å². The summed E-state index contributed by atoms with van der Waals surface area (Å²) >= 11 is 6.97. The number of thiophene rings is 1. The van der Waals surface area contributed by atoms with Crippen LogP contribution in [-0.2, 0) is 5.88 Å². The average molecular weight is 295 g/mol. The number of halogens is 2. The summed E-state index contributed by atoms with van der Waals surface area (Å²) in [6.07, 6.45) is 0. The van der Waals surface area contributed by atoms with Gasteiger partial charge in [-0.3, -0.25) is 4.79 Å². The predicted octanol–water partition coefficient (Wildman–Crippen LogP) is 3.53. The number of benzene rings is 1. The van der Waals surface area contributed by atoms with Gasteiger partial charge >= 0.3 is 0 Å². The maximum Gasteiger partial charge on any atom is 0.260 e.